The first kappa shape index (κ1) is 34.4. The van der Waals surface area contributed by atoms with Gasteiger partial charge in [0.15, 0.2) is 0 Å². The normalized spacial score (nSPS) is 11.6. The van der Waals surface area contributed by atoms with E-state index in [1.807, 2.05) is 0 Å². The minimum Gasteiger partial charge on any atom is -1.00 e. The summed E-state index contributed by atoms with van der Waals surface area (Å²) in [5.41, 5.74) is 0. The Kier molecular flexibility index (Phi) is 29.5. The van der Waals surface area contributed by atoms with Gasteiger partial charge in [-0.1, -0.05) is 122 Å². The molecule has 0 amide bonds. The highest BCUT2D eigenvalue weighted by Crippen LogP contribution is 2.14. The van der Waals surface area contributed by atoms with Crippen molar-refractivity contribution >= 4 is 0 Å². The van der Waals surface area contributed by atoms with Crippen molar-refractivity contribution in [3.8, 4) is 0 Å². The summed E-state index contributed by atoms with van der Waals surface area (Å²) in [6.45, 7) is 5.41. The van der Waals surface area contributed by atoms with Crippen molar-refractivity contribution in [2.45, 2.75) is 155 Å². The van der Waals surface area contributed by atoms with Crippen LogP contribution in [0, 0.1) is 0 Å². The van der Waals surface area contributed by atoms with Gasteiger partial charge in [-0.25, -0.2) is 0 Å². The summed E-state index contributed by atoms with van der Waals surface area (Å²) in [7, 11) is 4.88. The highest BCUT2D eigenvalue weighted by atomic mass is 35.5. The summed E-state index contributed by atoms with van der Waals surface area (Å²) < 4.78 is 1.23. The van der Waals surface area contributed by atoms with Crippen molar-refractivity contribution in [1.82, 2.24) is 0 Å². The minimum atomic E-state index is 0. The second kappa shape index (κ2) is 27.5. The fourth-order valence-electron chi connectivity index (χ4n) is 4.74. The Morgan fingerprint density at radius 1 is 0.406 bits per heavy atom. The van der Waals surface area contributed by atoms with E-state index in [0.717, 1.165) is 6.42 Å². The van der Waals surface area contributed by atoms with Crippen LogP contribution in [0.2, 0.25) is 0 Å². The van der Waals surface area contributed by atoms with Gasteiger partial charge < -0.3 is 22.0 Å². The largest absolute Gasteiger partial charge is 1.00 e. The van der Waals surface area contributed by atoms with E-state index in [2.05, 4.69) is 21.0 Å². The Hall–Kier alpha value is 0.210. The second-order valence-corrected chi connectivity index (χ2v) is 10.9. The number of aliphatic hydroxyl groups is 1. The fourth-order valence-corrected chi connectivity index (χ4v) is 4.74. The van der Waals surface area contributed by atoms with Gasteiger partial charge in [-0.2, -0.15) is 0 Å². The van der Waals surface area contributed by atoms with E-state index in [-0.39, 0.29) is 12.4 Å². The van der Waals surface area contributed by atoms with Gasteiger partial charge in [0.1, 0.15) is 0 Å². The Labute approximate surface area is 210 Å². The topological polar surface area (TPSA) is 20.2 Å². The standard InChI is InChI=1S/C29H62NO.ClH/c1-4-5-6-7-8-9-15-18-21-24-27-30(2,3)28-25-22-19-16-13-11-10-12-14-17-20-23-26-29-31;/h31H,4-29H2,1-3H3;1H/q+1;/p-1. The third-order valence-corrected chi connectivity index (χ3v) is 7.04. The highest BCUT2D eigenvalue weighted by Gasteiger charge is 2.13. The highest BCUT2D eigenvalue weighted by molar-refractivity contribution is 4.51. The summed E-state index contributed by atoms with van der Waals surface area (Å²) in [4.78, 5) is 0. The summed E-state index contributed by atoms with van der Waals surface area (Å²) in [6, 6.07) is 0. The van der Waals surface area contributed by atoms with Crippen LogP contribution in [-0.4, -0.2) is 43.4 Å². The third-order valence-electron chi connectivity index (χ3n) is 7.04. The van der Waals surface area contributed by atoms with Crippen LogP contribution in [-0.2, 0) is 0 Å². The van der Waals surface area contributed by atoms with Crippen LogP contribution in [0.15, 0.2) is 0 Å². The summed E-state index contributed by atoms with van der Waals surface area (Å²) in [5, 5.41) is 8.77. The lowest BCUT2D eigenvalue weighted by atomic mass is 10.0. The average molecular weight is 476 g/mol. The zero-order valence-electron chi connectivity index (χ0n) is 22.7. The molecule has 0 heterocycles. The number of halogens is 1. The van der Waals surface area contributed by atoms with Crippen LogP contribution in [0.25, 0.3) is 0 Å². The van der Waals surface area contributed by atoms with Gasteiger partial charge in [0, 0.05) is 6.61 Å². The molecule has 2 nitrogen and oxygen atoms in total. The molecule has 0 aliphatic heterocycles. The fraction of sp³-hybridized carbons (Fsp3) is 1.00. The molecule has 0 unspecified atom stereocenters. The molecular weight excluding hydrogens is 414 g/mol. The molecule has 0 aromatic heterocycles. The molecular formula is C29H62ClNO. The molecule has 1 N–H and O–H groups in total. The molecule has 196 valence electrons. The van der Waals surface area contributed by atoms with Crippen molar-refractivity contribution in [1.29, 1.82) is 0 Å². The molecule has 0 fully saturated rings. The number of aliphatic hydroxyl groups excluding tert-OH is 1. The predicted molar refractivity (Wildman–Crippen MR) is 141 cm³/mol. The van der Waals surface area contributed by atoms with Crippen molar-refractivity contribution in [3.63, 3.8) is 0 Å². The quantitative estimate of drug-likeness (QED) is 0.119. The second-order valence-electron chi connectivity index (χ2n) is 10.9. The number of rotatable bonds is 26. The van der Waals surface area contributed by atoms with E-state index < -0.39 is 0 Å². The predicted octanol–water partition coefficient (Wildman–Crippen LogP) is 6.05. The van der Waals surface area contributed by atoms with E-state index in [9.17, 15) is 0 Å². The van der Waals surface area contributed by atoms with Gasteiger partial charge in [0.25, 0.3) is 0 Å². The van der Waals surface area contributed by atoms with Crippen LogP contribution in [0.4, 0.5) is 0 Å². The number of nitrogens with zero attached hydrogens (tertiary/aromatic N) is 1. The SMILES string of the molecule is CCCCCCCCCCCC[N+](C)(C)CCCCCCCCCCCCCCCO.[Cl-]. The molecule has 3 heteroatoms. The van der Waals surface area contributed by atoms with Gasteiger partial charge in [-0.05, 0) is 32.1 Å². The Balaban J connectivity index is 0. The lowest BCUT2D eigenvalue weighted by molar-refractivity contribution is -0.890. The van der Waals surface area contributed by atoms with Crippen molar-refractivity contribution in [3.05, 3.63) is 0 Å². The van der Waals surface area contributed by atoms with Gasteiger partial charge in [0.05, 0.1) is 27.2 Å². The van der Waals surface area contributed by atoms with E-state index in [4.69, 9.17) is 5.11 Å². The molecule has 0 radical (unpaired) electrons. The lowest BCUT2D eigenvalue weighted by Gasteiger charge is -2.30. The number of hydrogen-bond acceptors (Lipinski definition) is 1. The maximum Gasteiger partial charge on any atom is 0.0782 e. The molecule has 32 heavy (non-hydrogen) atoms. The molecule has 0 aromatic carbocycles. The first-order valence-electron chi connectivity index (χ1n) is 14.6. The molecule has 0 aliphatic carbocycles. The Morgan fingerprint density at radius 3 is 0.938 bits per heavy atom. The zero-order valence-corrected chi connectivity index (χ0v) is 23.4. The van der Waals surface area contributed by atoms with Crippen LogP contribution in [0.5, 0.6) is 0 Å². The van der Waals surface area contributed by atoms with Crippen LogP contribution < -0.4 is 12.4 Å². The molecule has 0 aliphatic rings. The molecule has 0 atom stereocenters. The molecule has 0 spiro atoms. The van der Waals surface area contributed by atoms with E-state index in [0.29, 0.717) is 6.61 Å². The first-order chi connectivity index (χ1) is 15.1. The molecule has 0 rings (SSSR count). The number of quaternary nitrogens is 1. The van der Waals surface area contributed by atoms with Crippen LogP contribution in [0.3, 0.4) is 0 Å². The smallest absolute Gasteiger partial charge is 0.0782 e. The number of hydrogen-bond donors (Lipinski definition) is 1. The molecule has 0 saturated carbocycles. The van der Waals surface area contributed by atoms with E-state index in [1.54, 1.807) is 0 Å². The summed E-state index contributed by atoms with van der Waals surface area (Å²) in [5.74, 6) is 0. The molecule has 0 saturated heterocycles. The van der Waals surface area contributed by atoms with Crippen molar-refractivity contribution in [2.24, 2.45) is 0 Å². The third kappa shape index (κ3) is 28.2. The number of unbranched alkanes of at least 4 members (excludes halogenated alkanes) is 21. The molecule has 0 bridgehead atoms. The summed E-state index contributed by atoms with van der Waals surface area (Å²) in [6.07, 6.45) is 32.2. The Bertz CT molecular complexity index is 335. The van der Waals surface area contributed by atoms with E-state index in [1.165, 1.54) is 159 Å². The maximum absolute atomic E-state index is 8.77. The maximum atomic E-state index is 8.77. The van der Waals surface area contributed by atoms with Crippen molar-refractivity contribution in [2.75, 3.05) is 33.8 Å². The monoisotopic (exact) mass is 475 g/mol. The molecule has 0 aromatic rings. The van der Waals surface area contributed by atoms with Gasteiger partial charge in [-0.15, -0.1) is 0 Å². The summed E-state index contributed by atoms with van der Waals surface area (Å²) >= 11 is 0. The van der Waals surface area contributed by atoms with Crippen LogP contribution >= 0.6 is 0 Å². The minimum absolute atomic E-state index is 0. The zero-order chi connectivity index (χ0) is 22.9. The van der Waals surface area contributed by atoms with Crippen LogP contribution in [0.1, 0.15) is 155 Å². The van der Waals surface area contributed by atoms with Gasteiger partial charge in [-0.3, -0.25) is 0 Å². The van der Waals surface area contributed by atoms with E-state index >= 15 is 0 Å². The average Bonchev–Trinajstić information content (AvgIpc) is 2.75. The van der Waals surface area contributed by atoms with Gasteiger partial charge >= 0.3 is 0 Å². The Morgan fingerprint density at radius 2 is 0.656 bits per heavy atom. The first-order valence-corrected chi connectivity index (χ1v) is 14.6. The van der Waals surface area contributed by atoms with Crippen molar-refractivity contribution < 1.29 is 22.0 Å². The van der Waals surface area contributed by atoms with Gasteiger partial charge in [0.2, 0.25) is 0 Å². The lowest BCUT2D eigenvalue weighted by Crippen LogP contribution is -3.00.